The smallest absolute Gasteiger partial charge is 0.253 e. The lowest BCUT2D eigenvalue weighted by Crippen LogP contribution is -2.48. The van der Waals surface area contributed by atoms with Crippen LogP contribution < -0.4 is 9.80 Å². The van der Waals surface area contributed by atoms with E-state index in [0.717, 1.165) is 31.7 Å². The van der Waals surface area contributed by atoms with E-state index < -0.39 is 0 Å². The lowest BCUT2D eigenvalue weighted by Gasteiger charge is -2.36. The Labute approximate surface area is 144 Å². The zero-order chi connectivity index (χ0) is 17.1. The average molecular weight is 323 g/mol. The maximum atomic E-state index is 12.6. The molecular weight excluding hydrogens is 298 g/mol. The summed E-state index contributed by atoms with van der Waals surface area (Å²) in [5.41, 5.74) is 4.39. The lowest BCUT2D eigenvalue weighted by molar-refractivity contribution is 0.0747. The van der Waals surface area contributed by atoms with Crippen molar-refractivity contribution < 1.29 is 4.79 Å². The highest BCUT2D eigenvalue weighted by Crippen LogP contribution is 2.21. The van der Waals surface area contributed by atoms with E-state index in [1.807, 2.05) is 50.2 Å². The summed E-state index contributed by atoms with van der Waals surface area (Å²) < 4.78 is 0. The first-order chi connectivity index (χ1) is 11.5. The van der Waals surface area contributed by atoms with Crippen LogP contribution in [0.15, 0.2) is 48.5 Å². The van der Waals surface area contributed by atoms with Crippen LogP contribution >= 0.6 is 0 Å². The molecule has 0 spiro atoms. The summed E-state index contributed by atoms with van der Waals surface area (Å²) in [6, 6.07) is 16.4. The molecule has 4 nitrogen and oxygen atoms in total. The van der Waals surface area contributed by atoms with Crippen molar-refractivity contribution in [2.45, 2.75) is 6.92 Å². The molecule has 0 N–H and O–H groups in total. The van der Waals surface area contributed by atoms with Crippen LogP contribution in [-0.4, -0.2) is 51.1 Å². The third-order valence-corrected chi connectivity index (χ3v) is 4.60. The van der Waals surface area contributed by atoms with Crippen molar-refractivity contribution in [1.29, 1.82) is 0 Å². The van der Waals surface area contributed by atoms with Crippen molar-refractivity contribution in [1.82, 2.24) is 4.90 Å². The second-order valence-corrected chi connectivity index (χ2v) is 6.56. The van der Waals surface area contributed by atoms with Gasteiger partial charge in [0.05, 0.1) is 0 Å². The first kappa shape index (κ1) is 16.4. The standard InChI is InChI=1S/C20H25N3O/c1-16-4-6-17(7-5-16)20(24)23-14-12-22(13-15-23)19-10-8-18(9-11-19)21(2)3/h4-11H,12-15H2,1-3H3. The molecule has 2 aromatic rings. The number of aryl methyl sites for hydroxylation is 1. The Balaban J connectivity index is 1.61. The van der Waals surface area contributed by atoms with E-state index in [-0.39, 0.29) is 5.91 Å². The molecule has 1 amide bonds. The second-order valence-electron chi connectivity index (χ2n) is 6.56. The Morgan fingerprint density at radius 3 is 2.00 bits per heavy atom. The Morgan fingerprint density at radius 1 is 0.875 bits per heavy atom. The number of carbonyl (C=O) groups is 1. The summed E-state index contributed by atoms with van der Waals surface area (Å²) in [7, 11) is 4.09. The minimum atomic E-state index is 0.137. The molecular formula is C20H25N3O. The number of hydrogen-bond acceptors (Lipinski definition) is 3. The van der Waals surface area contributed by atoms with Gasteiger partial charge in [-0.05, 0) is 43.3 Å². The molecule has 1 fully saturated rings. The number of amides is 1. The Kier molecular flexibility index (Phi) is 4.74. The van der Waals surface area contributed by atoms with E-state index in [9.17, 15) is 4.79 Å². The summed E-state index contributed by atoms with van der Waals surface area (Å²) in [4.78, 5) is 19.0. The molecule has 0 aromatic heterocycles. The Morgan fingerprint density at radius 2 is 1.46 bits per heavy atom. The molecule has 0 atom stereocenters. The van der Waals surface area contributed by atoms with Crippen LogP contribution in [0.3, 0.4) is 0 Å². The van der Waals surface area contributed by atoms with Crippen molar-refractivity contribution in [3.8, 4) is 0 Å². The summed E-state index contributed by atoms with van der Waals surface area (Å²) in [5, 5.41) is 0. The van der Waals surface area contributed by atoms with Gasteiger partial charge in [-0.2, -0.15) is 0 Å². The monoisotopic (exact) mass is 323 g/mol. The molecule has 3 rings (SSSR count). The second kappa shape index (κ2) is 6.95. The van der Waals surface area contributed by atoms with Crippen molar-refractivity contribution in [3.63, 3.8) is 0 Å². The predicted octanol–water partition coefficient (Wildman–Crippen LogP) is 3.02. The summed E-state index contributed by atoms with van der Waals surface area (Å²) in [6.45, 7) is 5.32. The van der Waals surface area contributed by atoms with E-state index in [2.05, 4.69) is 34.1 Å². The minimum absolute atomic E-state index is 0.137. The number of benzene rings is 2. The van der Waals surface area contributed by atoms with Gasteiger partial charge in [0.25, 0.3) is 5.91 Å². The maximum Gasteiger partial charge on any atom is 0.253 e. The van der Waals surface area contributed by atoms with Crippen LogP contribution in [0, 0.1) is 6.92 Å². The Bertz CT molecular complexity index is 684. The normalized spacial score (nSPS) is 14.6. The number of carbonyl (C=O) groups excluding carboxylic acids is 1. The molecule has 1 heterocycles. The van der Waals surface area contributed by atoms with E-state index in [1.54, 1.807) is 0 Å². The largest absolute Gasteiger partial charge is 0.378 e. The predicted molar refractivity (Wildman–Crippen MR) is 100 cm³/mol. The van der Waals surface area contributed by atoms with Crippen molar-refractivity contribution in [2.75, 3.05) is 50.1 Å². The van der Waals surface area contributed by atoms with Gasteiger partial charge in [-0.25, -0.2) is 0 Å². The van der Waals surface area contributed by atoms with Crippen LogP contribution in [0.1, 0.15) is 15.9 Å². The molecule has 0 radical (unpaired) electrons. The molecule has 24 heavy (non-hydrogen) atoms. The summed E-state index contributed by atoms with van der Waals surface area (Å²) >= 11 is 0. The molecule has 2 aromatic carbocycles. The van der Waals surface area contributed by atoms with Crippen LogP contribution in [0.25, 0.3) is 0 Å². The first-order valence-electron chi connectivity index (χ1n) is 8.43. The first-order valence-corrected chi connectivity index (χ1v) is 8.43. The van der Waals surface area contributed by atoms with Gasteiger partial charge in [0.15, 0.2) is 0 Å². The van der Waals surface area contributed by atoms with Crippen molar-refractivity contribution in [2.24, 2.45) is 0 Å². The van der Waals surface area contributed by atoms with Crippen LogP contribution in [0.2, 0.25) is 0 Å². The van der Waals surface area contributed by atoms with E-state index in [4.69, 9.17) is 0 Å². The van der Waals surface area contributed by atoms with Gasteiger partial charge in [0, 0.05) is 57.2 Å². The zero-order valence-electron chi connectivity index (χ0n) is 14.7. The van der Waals surface area contributed by atoms with E-state index >= 15 is 0 Å². The van der Waals surface area contributed by atoms with Crippen LogP contribution in [-0.2, 0) is 0 Å². The van der Waals surface area contributed by atoms with Gasteiger partial charge in [-0.1, -0.05) is 17.7 Å². The Hall–Kier alpha value is -2.49. The van der Waals surface area contributed by atoms with Gasteiger partial charge in [0.1, 0.15) is 0 Å². The van der Waals surface area contributed by atoms with Gasteiger partial charge in [-0.15, -0.1) is 0 Å². The highest BCUT2D eigenvalue weighted by atomic mass is 16.2. The molecule has 1 aliphatic rings. The third kappa shape index (κ3) is 3.53. The van der Waals surface area contributed by atoms with Gasteiger partial charge >= 0.3 is 0 Å². The fraction of sp³-hybridized carbons (Fsp3) is 0.350. The highest BCUT2D eigenvalue weighted by Gasteiger charge is 2.22. The maximum absolute atomic E-state index is 12.6. The summed E-state index contributed by atoms with van der Waals surface area (Å²) in [6.07, 6.45) is 0. The molecule has 4 heteroatoms. The number of piperazine rings is 1. The number of hydrogen-bond donors (Lipinski definition) is 0. The lowest BCUT2D eigenvalue weighted by atomic mass is 10.1. The summed E-state index contributed by atoms with van der Waals surface area (Å²) in [5.74, 6) is 0.137. The number of nitrogens with zero attached hydrogens (tertiary/aromatic N) is 3. The zero-order valence-corrected chi connectivity index (χ0v) is 14.7. The molecule has 0 unspecified atom stereocenters. The fourth-order valence-electron chi connectivity index (χ4n) is 3.01. The molecule has 1 saturated heterocycles. The van der Waals surface area contributed by atoms with Gasteiger partial charge < -0.3 is 14.7 Å². The van der Waals surface area contributed by atoms with Crippen molar-refractivity contribution in [3.05, 3.63) is 59.7 Å². The molecule has 0 bridgehead atoms. The van der Waals surface area contributed by atoms with E-state index in [0.29, 0.717) is 0 Å². The third-order valence-electron chi connectivity index (χ3n) is 4.60. The molecule has 0 aliphatic carbocycles. The van der Waals surface area contributed by atoms with Gasteiger partial charge in [0.2, 0.25) is 0 Å². The quantitative estimate of drug-likeness (QED) is 0.869. The van der Waals surface area contributed by atoms with Crippen LogP contribution in [0.5, 0.6) is 0 Å². The molecule has 126 valence electrons. The average Bonchev–Trinajstić information content (AvgIpc) is 2.62. The highest BCUT2D eigenvalue weighted by molar-refractivity contribution is 5.94. The molecule has 1 aliphatic heterocycles. The fourth-order valence-corrected chi connectivity index (χ4v) is 3.01. The molecule has 0 saturated carbocycles. The van der Waals surface area contributed by atoms with E-state index in [1.165, 1.54) is 16.9 Å². The number of rotatable bonds is 3. The SMILES string of the molecule is Cc1ccc(C(=O)N2CCN(c3ccc(N(C)C)cc3)CC2)cc1. The topological polar surface area (TPSA) is 26.8 Å². The number of anilines is 2. The van der Waals surface area contributed by atoms with Gasteiger partial charge in [-0.3, -0.25) is 4.79 Å². The van der Waals surface area contributed by atoms with Crippen LogP contribution in [0.4, 0.5) is 11.4 Å². The van der Waals surface area contributed by atoms with Crippen molar-refractivity contribution >= 4 is 17.3 Å². The minimum Gasteiger partial charge on any atom is -0.378 e.